The normalized spacial score (nSPS) is 25.4. The molecule has 1 aliphatic heterocycles. The fourth-order valence-corrected chi connectivity index (χ4v) is 0.428. The van der Waals surface area contributed by atoms with Crippen LogP contribution in [0.1, 0.15) is 0 Å². The predicted molar refractivity (Wildman–Crippen MR) is 26.9 cm³/mol. The van der Waals surface area contributed by atoms with Gasteiger partial charge >= 0.3 is 0 Å². The lowest BCUT2D eigenvalue weighted by molar-refractivity contribution is -0.318. The van der Waals surface area contributed by atoms with Gasteiger partial charge in [0.05, 0.1) is 6.26 Å². The molecule has 1 unspecified atom stereocenters. The smallest absolute Gasteiger partial charge is 0.249 e. The van der Waals surface area contributed by atoms with Gasteiger partial charge in [0.1, 0.15) is 0 Å². The SMILES string of the molecule is OOC1C=CC=CO1. The van der Waals surface area contributed by atoms with Gasteiger partial charge < -0.3 is 4.74 Å². The van der Waals surface area contributed by atoms with E-state index in [2.05, 4.69) is 9.62 Å². The number of hydrogen-bond acceptors (Lipinski definition) is 3. The van der Waals surface area contributed by atoms with Gasteiger partial charge in [-0.05, 0) is 12.2 Å². The van der Waals surface area contributed by atoms with Crippen molar-refractivity contribution in [2.75, 3.05) is 0 Å². The third-order valence-electron chi connectivity index (χ3n) is 0.775. The highest BCUT2D eigenvalue weighted by Gasteiger charge is 2.02. The first-order chi connectivity index (χ1) is 3.93. The first-order valence-corrected chi connectivity index (χ1v) is 2.22. The Labute approximate surface area is 46.8 Å². The van der Waals surface area contributed by atoms with Gasteiger partial charge in [-0.3, -0.25) is 0 Å². The van der Waals surface area contributed by atoms with Crippen LogP contribution in [0, 0.1) is 0 Å². The van der Waals surface area contributed by atoms with Crippen LogP contribution in [-0.2, 0) is 9.62 Å². The molecule has 1 N–H and O–H groups in total. The summed E-state index contributed by atoms with van der Waals surface area (Å²) in [5.41, 5.74) is 0. The van der Waals surface area contributed by atoms with Gasteiger partial charge in [0, 0.05) is 0 Å². The van der Waals surface area contributed by atoms with Crippen LogP contribution in [0.3, 0.4) is 0 Å². The number of allylic oxidation sites excluding steroid dienone is 2. The minimum Gasteiger partial charge on any atom is -0.466 e. The molecule has 0 radical (unpaired) electrons. The predicted octanol–water partition coefficient (Wildman–Crippen LogP) is 0.902. The van der Waals surface area contributed by atoms with Crippen LogP contribution in [-0.4, -0.2) is 11.5 Å². The van der Waals surface area contributed by atoms with Crippen molar-refractivity contribution in [2.24, 2.45) is 0 Å². The molecule has 1 atom stereocenters. The van der Waals surface area contributed by atoms with Crippen molar-refractivity contribution in [3.63, 3.8) is 0 Å². The summed E-state index contributed by atoms with van der Waals surface area (Å²) in [5.74, 6) is 0. The van der Waals surface area contributed by atoms with Crippen molar-refractivity contribution in [3.05, 3.63) is 24.5 Å². The maximum absolute atomic E-state index is 7.98. The summed E-state index contributed by atoms with van der Waals surface area (Å²) in [7, 11) is 0. The standard InChI is InChI=1S/C5H6O3/c6-8-5-3-1-2-4-7-5/h1-6H. The number of hydrogen-bond donors (Lipinski definition) is 1. The second kappa shape index (κ2) is 2.49. The van der Waals surface area contributed by atoms with Crippen molar-refractivity contribution in [1.82, 2.24) is 0 Å². The highest BCUT2D eigenvalue weighted by Crippen LogP contribution is 2.00. The third-order valence-corrected chi connectivity index (χ3v) is 0.775. The zero-order valence-electron chi connectivity index (χ0n) is 4.15. The molecule has 0 bridgehead atoms. The van der Waals surface area contributed by atoms with Crippen LogP contribution in [0.4, 0.5) is 0 Å². The molecule has 0 fully saturated rings. The second-order valence-electron chi connectivity index (χ2n) is 1.32. The summed E-state index contributed by atoms with van der Waals surface area (Å²) < 4.78 is 4.69. The van der Waals surface area contributed by atoms with E-state index in [4.69, 9.17) is 5.26 Å². The highest BCUT2D eigenvalue weighted by atomic mass is 17.1. The van der Waals surface area contributed by atoms with Gasteiger partial charge in [-0.1, -0.05) is 6.08 Å². The molecule has 3 nitrogen and oxygen atoms in total. The molecule has 3 heteroatoms. The number of rotatable bonds is 1. The molecule has 0 aliphatic carbocycles. The lowest BCUT2D eigenvalue weighted by Gasteiger charge is -2.09. The Kier molecular flexibility index (Phi) is 1.66. The first-order valence-electron chi connectivity index (χ1n) is 2.22. The molecular formula is C5H6O3. The minimum atomic E-state index is -0.625. The Morgan fingerprint density at radius 1 is 1.50 bits per heavy atom. The Morgan fingerprint density at radius 3 is 2.75 bits per heavy atom. The van der Waals surface area contributed by atoms with E-state index in [0.29, 0.717) is 0 Å². The maximum Gasteiger partial charge on any atom is 0.249 e. The molecule has 1 heterocycles. The Morgan fingerprint density at radius 2 is 2.38 bits per heavy atom. The van der Waals surface area contributed by atoms with Crippen LogP contribution in [0.25, 0.3) is 0 Å². The fraction of sp³-hybridized carbons (Fsp3) is 0.200. The summed E-state index contributed by atoms with van der Waals surface area (Å²) >= 11 is 0. The summed E-state index contributed by atoms with van der Waals surface area (Å²) in [5, 5.41) is 7.98. The van der Waals surface area contributed by atoms with Crippen molar-refractivity contribution < 1.29 is 14.9 Å². The molecule has 0 aromatic heterocycles. The van der Waals surface area contributed by atoms with E-state index in [1.807, 2.05) is 0 Å². The highest BCUT2D eigenvalue weighted by molar-refractivity contribution is 5.04. The fourth-order valence-electron chi connectivity index (χ4n) is 0.428. The molecule has 0 aromatic carbocycles. The molecule has 0 aromatic rings. The molecule has 0 saturated carbocycles. The summed E-state index contributed by atoms with van der Waals surface area (Å²) in [6, 6.07) is 0. The molecular weight excluding hydrogens is 108 g/mol. The minimum absolute atomic E-state index is 0.625. The zero-order valence-corrected chi connectivity index (χ0v) is 4.15. The van der Waals surface area contributed by atoms with Gasteiger partial charge in [-0.25, -0.2) is 5.26 Å². The Balaban J connectivity index is 2.40. The lowest BCUT2D eigenvalue weighted by Crippen LogP contribution is -2.09. The van der Waals surface area contributed by atoms with Gasteiger partial charge in [-0.2, -0.15) is 4.89 Å². The van der Waals surface area contributed by atoms with E-state index in [1.54, 1.807) is 18.2 Å². The molecule has 0 saturated heterocycles. The van der Waals surface area contributed by atoms with Crippen molar-refractivity contribution in [2.45, 2.75) is 6.29 Å². The van der Waals surface area contributed by atoms with E-state index in [1.165, 1.54) is 6.26 Å². The zero-order chi connectivity index (χ0) is 5.82. The topological polar surface area (TPSA) is 38.7 Å². The van der Waals surface area contributed by atoms with E-state index < -0.39 is 6.29 Å². The number of ether oxygens (including phenoxy) is 1. The van der Waals surface area contributed by atoms with E-state index in [9.17, 15) is 0 Å². The van der Waals surface area contributed by atoms with Crippen LogP contribution in [0.5, 0.6) is 0 Å². The van der Waals surface area contributed by atoms with Crippen molar-refractivity contribution >= 4 is 0 Å². The maximum atomic E-state index is 7.98. The van der Waals surface area contributed by atoms with Crippen LogP contribution < -0.4 is 0 Å². The summed E-state index contributed by atoms with van der Waals surface area (Å²) in [6.07, 6.45) is 5.83. The summed E-state index contributed by atoms with van der Waals surface area (Å²) in [4.78, 5) is 3.83. The molecule has 0 amide bonds. The largest absolute Gasteiger partial charge is 0.466 e. The van der Waals surface area contributed by atoms with Crippen LogP contribution in [0.15, 0.2) is 24.5 Å². The molecule has 44 valence electrons. The average molecular weight is 114 g/mol. The van der Waals surface area contributed by atoms with Gasteiger partial charge in [0.2, 0.25) is 6.29 Å². The Hall–Kier alpha value is -0.800. The molecule has 1 rings (SSSR count). The Bertz CT molecular complexity index is 117. The van der Waals surface area contributed by atoms with Crippen LogP contribution in [0.2, 0.25) is 0 Å². The van der Waals surface area contributed by atoms with Crippen molar-refractivity contribution in [1.29, 1.82) is 0 Å². The molecule has 8 heavy (non-hydrogen) atoms. The van der Waals surface area contributed by atoms with Gasteiger partial charge in [0.15, 0.2) is 0 Å². The average Bonchev–Trinajstić information content (AvgIpc) is 1.90. The molecule has 0 spiro atoms. The third kappa shape index (κ3) is 1.08. The van der Waals surface area contributed by atoms with Crippen molar-refractivity contribution in [3.8, 4) is 0 Å². The van der Waals surface area contributed by atoms with Gasteiger partial charge in [-0.15, -0.1) is 0 Å². The van der Waals surface area contributed by atoms with Crippen LogP contribution >= 0.6 is 0 Å². The lowest BCUT2D eigenvalue weighted by atomic mass is 10.4. The van der Waals surface area contributed by atoms with E-state index in [-0.39, 0.29) is 0 Å². The monoisotopic (exact) mass is 114 g/mol. The first kappa shape index (κ1) is 5.34. The summed E-state index contributed by atoms with van der Waals surface area (Å²) in [6.45, 7) is 0. The quantitative estimate of drug-likeness (QED) is 0.406. The van der Waals surface area contributed by atoms with E-state index >= 15 is 0 Å². The van der Waals surface area contributed by atoms with E-state index in [0.717, 1.165) is 0 Å². The van der Waals surface area contributed by atoms with Gasteiger partial charge in [0.25, 0.3) is 0 Å². The second-order valence-corrected chi connectivity index (χ2v) is 1.32. The molecule has 1 aliphatic rings.